The van der Waals surface area contributed by atoms with Gasteiger partial charge in [0.2, 0.25) is 0 Å². The molecule has 2 rings (SSSR count). The molecule has 0 fully saturated rings. The Hall–Kier alpha value is -2.24. The predicted molar refractivity (Wildman–Crippen MR) is 67.2 cm³/mol. The molecule has 0 aliphatic carbocycles. The number of anilines is 2. The second kappa shape index (κ2) is 5.60. The van der Waals surface area contributed by atoms with Crippen LogP contribution in [0, 0.1) is 17.5 Å². The second-order valence-electron chi connectivity index (χ2n) is 3.99. The lowest BCUT2D eigenvalue weighted by molar-refractivity contribution is 0.579. The maximum absolute atomic E-state index is 13.3. The van der Waals surface area contributed by atoms with Crippen LogP contribution in [0.4, 0.5) is 24.8 Å². The first kappa shape index (κ1) is 13.2. The molecule has 19 heavy (non-hydrogen) atoms. The lowest BCUT2D eigenvalue weighted by Crippen LogP contribution is -2.10. The zero-order valence-corrected chi connectivity index (χ0v) is 9.96. The maximum atomic E-state index is 13.3. The third kappa shape index (κ3) is 3.37. The molecule has 3 nitrogen and oxygen atoms in total. The normalized spacial score (nSPS) is 10.5. The summed E-state index contributed by atoms with van der Waals surface area (Å²) in [5.74, 6) is -2.45. The van der Waals surface area contributed by atoms with E-state index < -0.39 is 11.6 Å². The number of halogens is 3. The van der Waals surface area contributed by atoms with Gasteiger partial charge in [0, 0.05) is 12.6 Å². The number of nitrogens with zero attached hydrogens (tertiary/aromatic N) is 1. The van der Waals surface area contributed by atoms with Gasteiger partial charge in [0.25, 0.3) is 0 Å². The van der Waals surface area contributed by atoms with Crippen molar-refractivity contribution >= 4 is 11.6 Å². The van der Waals surface area contributed by atoms with Crippen LogP contribution < -0.4 is 11.1 Å². The molecule has 0 spiro atoms. The molecule has 0 unspecified atom stereocenters. The summed E-state index contributed by atoms with van der Waals surface area (Å²) >= 11 is 0. The van der Waals surface area contributed by atoms with Crippen molar-refractivity contribution in [3.63, 3.8) is 0 Å². The summed E-state index contributed by atoms with van der Waals surface area (Å²) in [7, 11) is 0. The van der Waals surface area contributed by atoms with Crippen LogP contribution in [-0.4, -0.2) is 11.5 Å². The molecule has 6 heteroatoms. The molecule has 1 aromatic heterocycles. The number of hydrogen-bond donors (Lipinski definition) is 2. The molecule has 1 heterocycles. The van der Waals surface area contributed by atoms with Gasteiger partial charge in [-0.1, -0.05) is 12.1 Å². The number of nitrogen functional groups attached to an aromatic ring is 1. The van der Waals surface area contributed by atoms with Crippen LogP contribution in [0.1, 0.15) is 5.56 Å². The molecule has 0 aliphatic heterocycles. The average Bonchev–Trinajstić information content (AvgIpc) is 2.38. The fourth-order valence-corrected chi connectivity index (χ4v) is 1.58. The maximum Gasteiger partial charge on any atom is 0.168 e. The van der Waals surface area contributed by atoms with Crippen molar-refractivity contribution in [1.29, 1.82) is 0 Å². The van der Waals surface area contributed by atoms with E-state index in [4.69, 9.17) is 5.73 Å². The average molecular weight is 267 g/mol. The minimum Gasteiger partial charge on any atom is -0.381 e. The van der Waals surface area contributed by atoms with E-state index in [1.807, 2.05) is 0 Å². The van der Waals surface area contributed by atoms with Gasteiger partial charge in [-0.15, -0.1) is 0 Å². The summed E-state index contributed by atoms with van der Waals surface area (Å²) in [6, 6.07) is 6.66. The van der Waals surface area contributed by atoms with Gasteiger partial charge in [0.15, 0.2) is 23.3 Å². The Morgan fingerprint density at radius 1 is 1.05 bits per heavy atom. The van der Waals surface area contributed by atoms with Crippen molar-refractivity contribution in [2.75, 3.05) is 17.6 Å². The fourth-order valence-electron chi connectivity index (χ4n) is 1.58. The molecule has 3 N–H and O–H groups in total. The highest BCUT2D eigenvalue weighted by Gasteiger charge is 2.08. The topological polar surface area (TPSA) is 50.9 Å². The Morgan fingerprint density at radius 2 is 1.74 bits per heavy atom. The van der Waals surface area contributed by atoms with Crippen LogP contribution in [0.5, 0.6) is 0 Å². The van der Waals surface area contributed by atoms with Gasteiger partial charge in [0.1, 0.15) is 5.82 Å². The Bertz CT molecular complexity index is 570. The highest BCUT2D eigenvalue weighted by Crippen LogP contribution is 2.16. The lowest BCUT2D eigenvalue weighted by Gasteiger charge is -2.08. The Balaban J connectivity index is 1.96. The van der Waals surface area contributed by atoms with Crippen LogP contribution in [0.15, 0.2) is 30.3 Å². The molecule has 0 atom stereocenters. The third-order valence-corrected chi connectivity index (χ3v) is 2.58. The van der Waals surface area contributed by atoms with Crippen LogP contribution in [0.25, 0.3) is 0 Å². The van der Waals surface area contributed by atoms with E-state index in [1.54, 1.807) is 12.1 Å². The number of hydrogen-bond acceptors (Lipinski definition) is 3. The number of nitrogens with one attached hydrogen (secondary N) is 1. The smallest absolute Gasteiger partial charge is 0.168 e. The molecule has 0 bridgehead atoms. The zero-order valence-electron chi connectivity index (χ0n) is 9.96. The Morgan fingerprint density at radius 3 is 2.42 bits per heavy atom. The minimum absolute atomic E-state index is 0.0963. The minimum atomic E-state index is -0.887. The van der Waals surface area contributed by atoms with Crippen LogP contribution in [-0.2, 0) is 6.42 Å². The van der Waals surface area contributed by atoms with Gasteiger partial charge in [-0.25, -0.2) is 18.2 Å². The Kier molecular flexibility index (Phi) is 3.89. The van der Waals surface area contributed by atoms with Crippen molar-refractivity contribution in [3.8, 4) is 0 Å². The van der Waals surface area contributed by atoms with Gasteiger partial charge < -0.3 is 11.1 Å². The summed E-state index contributed by atoms with van der Waals surface area (Å²) in [6.07, 6.45) is 0.554. The van der Waals surface area contributed by atoms with Crippen molar-refractivity contribution in [2.24, 2.45) is 0 Å². The first-order valence-electron chi connectivity index (χ1n) is 5.66. The standard InChI is InChI=1S/C13H12F3N3/c14-9-3-1-8(2-4-9)5-6-18-13-11(16)7-10(15)12(17)19-13/h1-4,7H,5-6H2,(H3,17,18,19). The number of rotatable bonds is 4. The van der Waals surface area contributed by atoms with Crippen LogP contribution in [0.2, 0.25) is 0 Å². The van der Waals surface area contributed by atoms with Gasteiger partial charge in [-0.2, -0.15) is 0 Å². The highest BCUT2D eigenvalue weighted by molar-refractivity contribution is 5.44. The van der Waals surface area contributed by atoms with E-state index in [2.05, 4.69) is 10.3 Å². The van der Waals surface area contributed by atoms with Gasteiger partial charge in [0.05, 0.1) is 0 Å². The SMILES string of the molecule is Nc1nc(NCCc2ccc(F)cc2)c(F)cc1F. The molecule has 0 saturated heterocycles. The van der Waals surface area contributed by atoms with E-state index >= 15 is 0 Å². The second-order valence-corrected chi connectivity index (χ2v) is 3.99. The van der Waals surface area contributed by atoms with Crippen molar-refractivity contribution in [2.45, 2.75) is 6.42 Å². The lowest BCUT2D eigenvalue weighted by atomic mass is 10.1. The molecule has 0 amide bonds. The van der Waals surface area contributed by atoms with Crippen LogP contribution in [0.3, 0.4) is 0 Å². The van der Waals surface area contributed by atoms with E-state index in [1.165, 1.54) is 12.1 Å². The summed E-state index contributed by atoms with van der Waals surface area (Å²) in [4.78, 5) is 3.57. The monoisotopic (exact) mass is 267 g/mol. The van der Waals surface area contributed by atoms with Crippen LogP contribution >= 0.6 is 0 Å². The first-order chi connectivity index (χ1) is 9.06. The predicted octanol–water partition coefficient (Wildman–Crippen LogP) is 2.74. The van der Waals surface area contributed by atoms with E-state index in [0.29, 0.717) is 19.0 Å². The summed E-state index contributed by atoms with van der Waals surface area (Å²) in [5, 5.41) is 2.72. The van der Waals surface area contributed by atoms with Crippen molar-refractivity contribution in [1.82, 2.24) is 4.98 Å². The van der Waals surface area contributed by atoms with Gasteiger partial charge >= 0.3 is 0 Å². The quantitative estimate of drug-likeness (QED) is 0.895. The molecule has 0 aliphatic rings. The van der Waals surface area contributed by atoms with E-state index in [-0.39, 0.29) is 17.5 Å². The van der Waals surface area contributed by atoms with Crippen molar-refractivity contribution < 1.29 is 13.2 Å². The zero-order chi connectivity index (χ0) is 13.8. The number of benzene rings is 1. The van der Waals surface area contributed by atoms with Gasteiger partial charge in [-0.05, 0) is 24.1 Å². The highest BCUT2D eigenvalue weighted by atomic mass is 19.1. The van der Waals surface area contributed by atoms with E-state index in [9.17, 15) is 13.2 Å². The first-order valence-corrected chi connectivity index (χ1v) is 5.66. The van der Waals surface area contributed by atoms with Gasteiger partial charge in [-0.3, -0.25) is 0 Å². The number of pyridine rings is 1. The van der Waals surface area contributed by atoms with E-state index in [0.717, 1.165) is 5.56 Å². The fraction of sp³-hybridized carbons (Fsp3) is 0.154. The summed E-state index contributed by atoms with van der Waals surface area (Å²) < 4.78 is 38.9. The molecule has 100 valence electrons. The number of aromatic nitrogens is 1. The molecule has 2 aromatic rings. The molecule has 1 aromatic carbocycles. The third-order valence-electron chi connectivity index (χ3n) is 2.58. The summed E-state index contributed by atoms with van der Waals surface area (Å²) in [5.41, 5.74) is 6.15. The summed E-state index contributed by atoms with van der Waals surface area (Å²) in [6.45, 7) is 0.376. The molecular formula is C13H12F3N3. The largest absolute Gasteiger partial charge is 0.381 e. The molecule has 0 saturated carbocycles. The number of nitrogens with two attached hydrogens (primary N) is 1. The molecule has 0 radical (unpaired) electrons. The Labute approximate surface area is 108 Å². The molecular weight excluding hydrogens is 255 g/mol. The van der Waals surface area contributed by atoms with Crippen molar-refractivity contribution in [3.05, 3.63) is 53.3 Å².